The van der Waals surface area contributed by atoms with E-state index in [0.29, 0.717) is 5.75 Å². The van der Waals surface area contributed by atoms with Gasteiger partial charge >= 0.3 is 0 Å². The molecule has 0 atom stereocenters. The lowest BCUT2D eigenvalue weighted by atomic mass is 10.1. The number of hydrogen-bond acceptors (Lipinski definition) is 2. The summed E-state index contributed by atoms with van der Waals surface area (Å²) in [6, 6.07) is 17.0. The van der Waals surface area contributed by atoms with E-state index in [0.717, 1.165) is 11.3 Å². The molecule has 2 heteroatoms. The fourth-order valence-electron chi connectivity index (χ4n) is 1.44. The molecule has 0 saturated carbocycles. The summed E-state index contributed by atoms with van der Waals surface area (Å²) in [5, 5.41) is 0. The Morgan fingerprint density at radius 3 is 2.38 bits per heavy atom. The average molecular weight is 211 g/mol. The highest BCUT2D eigenvalue weighted by Crippen LogP contribution is 2.24. The van der Waals surface area contributed by atoms with Crippen LogP contribution in [0.5, 0.6) is 11.5 Å². The lowest BCUT2D eigenvalue weighted by molar-refractivity contribution is 0.477. The monoisotopic (exact) mass is 211 g/mol. The largest absolute Gasteiger partial charge is 0.457 e. The summed E-state index contributed by atoms with van der Waals surface area (Å²) in [6.07, 6.45) is 2.13. The van der Waals surface area contributed by atoms with Gasteiger partial charge in [-0.15, -0.1) is 0 Å². The van der Waals surface area contributed by atoms with E-state index in [1.54, 1.807) is 0 Å². The van der Waals surface area contributed by atoms with Gasteiger partial charge in [-0.25, -0.2) is 0 Å². The first-order valence-corrected chi connectivity index (χ1v) is 5.06. The molecule has 0 aliphatic heterocycles. The molecule has 0 spiro atoms. The minimum atomic E-state index is 0.253. The number of hydrogen-bond donors (Lipinski definition) is 0. The molecule has 79 valence electrons. The number of ether oxygens (including phenoxy) is 1. The highest BCUT2D eigenvalue weighted by atomic mass is 16.5. The summed E-state index contributed by atoms with van der Waals surface area (Å²) in [5.41, 5.74) is 0.848. The summed E-state index contributed by atoms with van der Waals surface area (Å²) in [7, 11) is 0. The van der Waals surface area contributed by atoms with Gasteiger partial charge in [-0.1, -0.05) is 36.4 Å². The Labute approximate surface area is 94.5 Å². The predicted molar refractivity (Wildman–Crippen MR) is 62.4 cm³/mol. The lowest BCUT2D eigenvalue weighted by Crippen LogP contribution is -1.92. The summed E-state index contributed by atoms with van der Waals surface area (Å²) in [6.45, 7) is 0. The Hall–Kier alpha value is -2.09. The maximum Gasteiger partial charge on any atom is 0.203 e. The third-order valence-electron chi connectivity index (χ3n) is 2.21. The smallest absolute Gasteiger partial charge is 0.203 e. The van der Waals surface area contributed by atoms with Crippen molar-refractivity contribution in [1.82, 2.24) is 0 Å². The van der Waals surface area contributed by atoms with Crippen molar-refractivity contribution in [2.24, 2.45) is 0 Å². The maximum atomic E-state index is 10.4. The standard InChI is InChI=1S/C14H11O2/c15-11-10-12-6-4-5-9-14(12)16-13-7-2-1-3-8-13/h1-9H,10H2. The summed E-state index contributed by atoms with van der Waals surface area (Å²) in [5.74, 6) is 1.47. The molecule has 0 N–H and O–H groups in total. The zero-order chi connectivity index (χ0) is 11.2. The van der Waals surface area contributed by atoms with Gasteiger partial charge in [0.05, 0.1) is 0 Å². The van der Waals surface area contributed by atoms with E-state index >= 15 is 0 Å². The molecule has 0 saturated heterocycles. The van der Waals surface area contributed by atoms with E-state index in [1.165, 1.54) is 0 Å². The second-order valence-corrected chi connectivity index (χ2v) is 3.34. The minimum absolute atomic E-state index is 0.253. The molecule has 0 bridgehead atoms. The van der Waals surface area contributed by atoms with Crippen LogP contribution >= 0.6 is 0 Å². The van der Waals surface area contributed by atoms with E-state index < -0.39 is 0 Å². The van der Waals surface area contributed by atoms with Gasteiger partial charge in [-0.2, -0.15) is 0 Å². The zero-order valence-electron chi connectivity index (χ0n) is 8.72. The van der Waals surface area contributed by atoms with Gasteiger partial charge in [0.1, 0.15) is 11.5 Å². The third-order valence-corrected chi connectivity index (χ3v) is 2.21. The molecule has 0 heterocycles. The molecule has 0 aliphatic rings. The molecule has 16 heavy (non-hydrogen) atoms. The summed E-state index contributed by atoms with van der Waals surface area (Å²) < 4.78 is 5.68. The molecule has 0 amide bonds. The van der Waals surface area contributed by atoms with Crippen LogP contribution in [0.25, 0.3) is 0 Å². The van der Waals surface area contributed by atoms with Crippen molar-refractivity contribution in [3.05, 3.63) is 60.2 Å². The van der Waals surface area contributed by atoms with Crippen molar-refractivity contribution >= 4 is 6.29 Å². The van der Waals surface area contributed by atoms with Gasteiger partial charge in [0, 0.05) is 12.0 Å². The Balaban J connectivity index is 2.24. The molecule has 2 aromatic carbocycles. The van der Waals surface area contributed by atoms with E-state index in [2.05, 4.69) is 0 Å². The van der Waals surface area contributed by atoms with Crippen molar-refractivity contribution in [2.75, 3.05) is 0 Å². The summed E-state index contributed by atoms with van der Waals surface area (Å²) in [4.78, 5) is 10.4. The lowest BCUT2D eigenvalue weighted by Gasteiger charge is -2.08. The quantitative estimate of drug-likeness (QED) is 0.776. The number of benzene rings is 2. The van der Waals surface area contributed by atoms with Crippen LogP contribution in [0.2, 0.25) is 0 Å². The van der Waals surface area contributed by atoms with Gasteiger partial charge in [0.2, 0.25) is 6.29 Å². The summed E-state index contributed by atoms with van der Waals surface area (Å²) >= 11 is 0. The Bertz CT molecular complexity index is 463. The fraction of sp³-hybridized carbons (Fsp3) is 0.0714. The maximum absolute atomic E-state index is 10.4. The minimum Gasteiger partial charge on any atom is -0.457 e. The Kier molecular flexibility index (Phi) is 3.34. The van der Waals surface area contributed by atoms with E-state index in [1.807, 2.05) is 60.9 Å². The van der Waals surface area contributed by atoms with Crippen LogP contribution in [0, 0.1) is 0 Å². The molecule has 0 unspecified atom stereocenters. The molecule has 2 rings (SSSR count). The molecular weight excluding hydrogens is 200 g/mol. The highest BCUT2D eigenvalue weighted by molar-refractivity contribution is 5.58. The van der Waals surface area contributed by atoms with Crippen molar-refractivity contribution in [3.63, 3.8) is 0 Å². The first-order chi connectivity index (χ1) is 7.90. The van der Waals surface area contributed by atoms with Gasteiger partial charge in [-0.3, -0.25) is 4.79 Å². The second kappa shape index (κ2) is 5.12. The van der Waals surface area contributed by atoms with E-state index in [-0.39, 0.29) is 6.42 Å². The molecule has 0 aliphatic carbocycles. The van der Waals surface area contributed by atoms with E-state index in [4.69, 9.17) is 4.74 Å². The fourth-order valence-corrected chi connectivity index (χ4v) is 1.44. The molecule has 2 nitrogen and oxygen atoms in total. The zero-order valence-corrected chi connectivity index (χ0v) is 8.72. The van der Waals surface area contributed by atoms with Gasteiger partial charge in [-0.05, 0) is 18.2 Å². The van der Waals surface area contributed by atoms with Crippen LogP contribution < -0.4 is 4.74 Å². The van der Waals surface area contributed by atoms with Crippen molar-refractivity contribution < 1.29 is 9.53 Å². The first kappa shape index (κ1) is 10.4. The Morgan fingerprint density at radius 2 is 1.62 bits per heavy atom. The van der Waals surface area contributed by atoms with Crippen LogP contribution in [0.3, 0.4) is 0 Å². The topological polar surface area (TPSA) is 26.3 Å². The van der Waals surface area contributed by atoms with Crippen LogP contribution in [-0.2, 0) is 11.2 Å². The number of para-hydroxylation sites is 2. The van der Waals surface area contributed by atoms with Crippen molar-refractivity contribution in [1.29, 1.82) is 0 Å². The van der Waals surface area contributed by atoms with Crippen LogP contribution in [0.15, 0.2) is 54.6 Å². The average Bonchev–Trinajstić information content (AvgIpc) is 2.33. The second-order valence-electron chi connectivity index (χ2n) is 3.34. The Morgan fingerprint density at radius 1 is 0.938 bits per heavy atom. The molecule has 0 aromatic heterocycles. The van der Waals surface area contributed by atoms with Crippen LogP contribution in [0.1, 0.15) is 5.56 Å². The highest BCUT2D eigenvalue weighted by Gasteiger charge is 2.03. The molecular formula is C14H11O2. The van der Waals surface area contributed by atoms with Crippen molar-refractivity contribution in [2.45, 2.75) is 6.42 Å². The van der Waals surface area contributed by atoms with Gasteiger partial charge < -0.3 is 4.74 Å². The predicted octanol–water partition coefficient (Wildman–Crippen LogP) is 3.13. The third kappa shape index (κ3) is 2.48. The molecule has 1 radical (unpaired) electrons. The number of rotatable bonds is 4. The van der Waals surface area contributed by atoms with Crippen molar-refractivity contribution in [3.8, 4) is 11.5 Å². The van der Waals surface area contributed by atoms with Crippen LogP contribution in [0.4, 0.5) is 0 Å². The van der Waals surface area contributed by atoms with E-state index in [9.17, 15) is 4.79 Å². The van der Waals surface area contributed by atoms with Crippen LogP contribution in [-0.4, -0.2) is 6.29 Å². The molecule has 2 aromatic rings. The first-order valence-electron chi connectivity index (χ1n) is 5.06. The SMILES string of the molecule is O=[C]Cc1ccccc1Oc1ccccc1. The van der Waals surface area contributed by atoms with Gasteiger partial charge in [0.15, 0.2) is 0 Å². The normalized spacial score (nSPS) is 9.75. The molecule has 0 fully saturated rings. The van der Waals surface area contributed by atoms with Gasteiger partial charge in [0.25, 0.3) is 0 Å². The number of carbonyl (C=O) groups excluding carboxylic acids is 1.